The minimum atomic E-state index is -0.384. The fraction of sp³-hybridized carbons (Fsp3) is 0.562. The molecule has 0 spiro atoms. The summed E-state index contributed by atoms with van der Waals surface area (Å²) < 4.78 is 0. The van der Waals surface area contributed by atoms with E-state index in [-0.39, 0.29) is 35.0 Å². The first-order valence-corrected chi connectivity index (χ1v) is 8.12. The second-order valence-corrected chi connectivity index (χ2v) is 6.26. The molecule has 2 aliphatic rings. The van der Waals surface area contributed by atoms with Crippen molar-refractivity contribution in [1.29, 1.82) is 0 Å². The highest BCUT2D eigenvalue weighted by molar-refractivity contribution is 5.96. The van der Waals surface area contributed by atoms with Gasteiger partial charge in [0.25, 0.3) is 11.6 Å². The molecule has 1 N–H and O–H groups in total. The van der Waals surface area contributed by atoms with Crippen molar-refractivity contribution in [3.05, 3.63) is 33.9 Å². The van der Waals surface area contributed by atoms with Crippen LogP contribution in [0.5, 0.6) is 0 Å². The molecule has 0 saturated carbocycles. The number of hydrogen-bond donors (Lipinski definition) is 1. The third kappa shape index (κ3) is 3.79. The number of nitro groups is 1. The number of nitrogens with zero attached hydrogens (tertiary/aromatic N) is 3. The van der Waals surface area contributed by atoms with Gasteiger partial charge < -0.3 is 15.1 Å². The molecule has 2 aliphatic heterocycles. The predicted octanol–water partition coefficient (Wildman–Crippen LogP) is 2.05. The lowest BCUT2D eigenvalue weighted by Gasteiger charge is -2.32. The van der Waals surface area contributed by atoms with Gasteiger partial charge in [-0.05, 0) is 31.9 Å². The first-order chi connectivity index (χ1) is 11.1. The summed E-state index contributed by atoms with van der Waals surface area (Å²) >= 11 is 0. The molecule has 1 unspecified atom stereocenters. The highest BCUT2D eigenvalue weighted by Gasteiger charge is 2.26. The van der Waals surface area contributed by atoms with Crippen LogP contribution in [0.1, 0.15) is 30.1 Å². The number of halogens is 1. The van der Waals surface area contributed by atoms with Crippen LogP contribution in [0, 0.1) is 10.1 Å². The van der Waals surface area contributed by atoms with Crippen LogP contribution in [0.2, 0.25) is 0 Å². The molecule has 3 rings (SSSR count). The molecular weight excluding hydrogens is 332 g/mol. The number of anilines is 1. The minimum absolute atomic E-state index is 0. The largest absolute Gasteiger partial charge is 0.366 e. The molecule has 1 atom stereocenters. The van der Waals surface area contributed by atoms with Gasteiger partial charge in [-0.2, -0.15) is 0 Å². The summed E-state index contributed by atoms with van der Waals surface area (Å²) in [4.78, 5) is 27.4. The van der Waals surface area contributed by atoms with Gasteiger partial charge in [-0.1, -0.05) is 0 Å². The van der Waals surface area contributed by atoms with E-state index in [1.165, 1.54) is 6.07 Å². The Morgan fingerprint density at radius 3 is 2.62 bits per heavy atom. The number of nitrogens with one attached hydrogen (secondary N) is 1. The zero-order valence-electron chi connectivity index (χ0n) is 13.7. The van der Waals surface area contributed by atoms with Crippen LogP contribution < -0.4 is 10.2 Å². The van der Waals surface area contributed by atoms with Crippen molar-refractivity contribution in [2.45, 2.75) is 25.8 Å². The van der Waals surface area contributed by atoms with Crippen molar-refractivity contribution in [2.24, 2.45) is 0 Å². The fourth-order valence-electron chi connectivity index (χ4n) is 3.33. The van der Waals surface area contributed by atoms with Gasteiger partial charge in [0.1, 0.15) is 5.69 Å². The van der Waals surface area contributed by atoms with Crippen molar-refractivity contribution in [1.82, 2.24) is 10.2 Å². The van der Waals surface area contributed by atoms with Gasteiger partial charge >= 0.3 is 0 Å². The summed E-state index contributed by atoms with van der Waals surface area (Å²) in [7, 11) is 0. The van der Waals surface area contributed by atoms with Crippen molar-refractivity contribution in [3.63, 3.8) is 0 Å². The van der Waals surface area contributed by atoms with Gasteiger partial charge in [0.2, 0.25) is 0 Å². The second kappa shape index (κ2) is 7.81. The van der Waals surface area contributed by atoms with Crippen LogP contribution in [0.4, 0.5) is 11.4 Å². The number of rotatable bonds is 3. The molecule has 0 aliphatic carbocycles. The van der Waals surface area contributed by atoms with E-state index in [1.54, 1.807) is 17.0 Å². The molecule has 1 amide bonds. The maximum absolute atomic E-state index is 12.6. The topological polar surface area (TPSA) is 78.7 Å². The average Bonchev–Trinajstić information content (AvgIpc) is 3.08. The van der Waals surface area contributed by atoms with Crippen LogP contribution in [0.15, 0.2) is 18.2 Å². The smallest absolute Gasteiger partial charge is 0.293 e. The van der Waals surface area contributed by atoms with E-state index in [0.717, 1.165) is 32.5 Å². The lowest BCUT2D eigenvalue weighted by molar-refractivity contribution is -0.384. The van der Waals surface area contributed by atoms with Crippen LogP contribution in [0.3, 0.4) is 0 Å². The molecule has 7 nitrogen and oxygen atoms in total. The minimum Gasteiger partial charge on any atom is -0.366 e. The van der Waals surface area contributed by atoms with Gasteiger partial charge in [0.15, 0.2) is 0 Å². The predicted molar refractivity (Wildman–Crippen MR) is 95.2 cm³/mol. The Morgan fingerprint density at radius 1 is 1.29 bits per heavy atom. The third-order valence-corrected chi connectivity index (χ3v) is 4.52. The summed E-state index contributed by atoms with van der Waals surface area (Å²) in [5, 5.41) is 14.7. The molecule has 2 heterocycles. The number of benzene rings is 1. The monoisotopic (exact) mass is 354 g/mol. The lowest BCUT2D eigenvalue weighted by atomic mass is 10.1. The number of carbonyl (C=O) groups is 1. The molecule has 24 heavy (non-hydrogen) atoms. The first kappa shape index (κ1) is 18.5. The molecule has 2 saturated heterocycles. The molecule has 132 valence electrons. The molecule has 0 radical (unpaired) electrons. The first-order valence-electron chi connectivity index (χ1n) is 8.12. The molecule has 1 aromatic carbocycles. The highest BCUT2D eigenvalue weighted by atomic mass is 35.5. The normalized spacial score (nSPS) is 20.6. The molecular formula is C16H23ClN4O3. The standard InChI is InChI=1S/C16H22N4O3.ClH/c1-12-11-19(9-6-17-12)16(21)13-4-5-14(15(10-13)20(22)23)18-7-2-3-8-18;/h4-5,10,12,17H,2-3,6-9,11H2,1H3;1H. The Bertz CT molecular complexity index is 619. The van der Waals surface area contributed by atoms with E-state index in [2.05, 4.69) is 5.32 Å². The Labute approximate surface area is 147 Å². The number of piperazine rings is 1. The van der Waals surface area contributed by atoms with Crippen LogP contribution >= 0.6 is 12.4 Å². The number of amides is 1. The fourth-order valence-corrected chi connectivity index (χ4v) is 3.33. The Hall–Kier alpha value is -1.86. The average molecular weight is 355 g/mol. The number of carbonyl (C=O) groups excluding carboxylic acids is 1. The lowest BCUT2D eigenvalue weighted by Crippen LogP contribution is -2.51. The maximum atomic E-state index is 12.6. The summed E-state index contributed by atoms with van der Waals surface area (Å²) in [5.41, 5.74) is 1.05. The summed E-state index contributed by atoms with van der Waals surface area (Å²) in [5.74, 6) is -0.130. The van der Waals surface area contributed by atoms with Gasteiger partial charge in [0.05, 0.1) is 4.92 Å². The molecule has 0 bridgehead atoms. The number of nitro benzene ring substituents is 1. The van der Waals surface area contributed by atoms with E-state index in [4.69, 9.17) is 0 Å². The maximum Gasteiger partial charge on any atom is 0.293 e. The third-order valence-electron chi connectivity index (χ3n) is 4.52. The molecule has 1 aromatic rings. The highest BCUT2D eigenvalue weighted by Crippen LogP contribution is 2.32. The quantitative estimate of drug-likeness (QED) is 0.664. The zero-order chi connectivity index (χ0) is 16.4. The van der Waals surface area contributed by atoms with Gasteiger partial charge in [0, 0.05) is 50.4 Å². The molecule has 0 aromatic heterocycles. The van der Waals surface area contributed by atoms with Crippen LogP contribution in [-0.2, 0) is 0 Å². The van der Waals surface area contributed by atoms with Crippen LogP contribution in [-0.4, -0.2) is 54.5 Å². The van der Waals surface area contributed by atoms with Crippen molar-refractivity contribution in [3.8, 4) is 0 Å². The van der Waals surface area contributed by atoms with E-state index >= 15 is 0 Å². The summed E-state index contributed by atoms with van der Waals surface area (Å²) in [6.45, 7) is 5.71. The SMILES string of the molecule is CC1CN(C(=O)c2ccc(N3CCCC3)c([N+](=O)[O-])c2)CCN1.Cl. The summed E-state index contributed by atoms with van der Waals surface area (Å²) in [6.07, 6.45) is 2.10. The Morgan fingerprint density at radius 2 is 2.00 bits per heavy atom. The van der Waals surface area contributed by atoms with E-state index in [0.29, 0.717) is 24.3 Å². The van der Waals surface area contributed by atoms with E-state index < -0.39 is 0 Å². The van der Waals surface area contributed by atoms with Gasteiger partial charge in [-0.15, -0.1) is 12.4 Å². The zero-order valence-corrected chi connectivity index (χ0v) is 14.6. The second-order valence-electron chi connectivity index (χ2n) is 6.26. The molecule has 2 fully saturated rings. The van der Waals surface area contributed by atoms with Crippen molar-refractivity contribution in [2.75, 3.05) is 37.6 Å². The van der Waals surface area contributed by atoms with E-state index in [9.17, 15) is 14.9 Å². The number of hydrogen-bond acceptors (Lipinski definition) is 5. The van der Waals surface area contributed by atoms with Crippen molar-refractivity contribution < 1.29 is 9.72 Å². The van der Waals surface area contributed by atoms with E-state index in [1.807, 2.05) is 11.8 Å². The van der Waals surface area contributed by atoms with Crippen LogP contribution in [0.25, 0.3) is 0 Å². The van der Waals surface area contributed by atoms with Gasteiger partial charge in [-0.3, -0.25) is 14.9 Å². The van der Waals surface area contributed by atoms with Gasteiger partial charge in [-0.25, -0.2) is 0 Å². The van der Waals surface area contributed by atoms with Crippen molar-refractivity contribution >= 4 is 29.7 Å². The Kier molecular flexibility index (Phi) is 6.01. The summed E-state index contributed by atoms with van der Waals surface area (Å²) in [6, 6.07) is 5.12. The molecule has 8 heteroatoms. The Balaban J connectivity index is 0.00000208.